The lowest BCUT2D eigenvalue weighted by atomic mass is 10.2. The van der Waals surface area contributed by atoms with Crippen LogP contribution in [-0.2, 0) is 11.0 Å². The molecule has 0 saturated carbocycles. The van der Waals surface area contributed by atoms with Gasteiger partial charge in [0.15, 0.2) is 0 Å². The zero-order valence-electron chi connectivity index (χ0n) is 12.2. The van der Waals surface area contributed by atoms with Crippen LogP contribution in [0.1, 0.15) is 5.56 Å². The average molecular weight is 313 g/mol. The molecule has 0 bridgehead atoms. The Morgan fingerprint density at radius 2 is 1.82 bits per heavy atom. The van der Waals surface area contributed by atoms with E-state index in [1.54, 1.807) is 19.0 Å². The van der Waals surface area contributed by atoms with E-state index in [4.69, 9.17) is 0 Å². The topological polar surface area (TPSA) is 43.9 Å². The number of hydrogen-bond acceptors (Lipinski definition) is 3. The van der Waals surface area contributed by atoms with Gasteiger partial charge in [-0.2, -0.15) is 13.2 Å². The maximum Gasteiger partial charge on any atom is 0.416 e. The molecule has 1 aliphatic heterocycles. The van der Waals surface area contributed by atoms with Gasteiger partial charge in [0.25, 0.3) is 5.91 Å². The van der Waals surface area contributed by atoms with Gasteiger partial charge < -0.3 is 4.90 Å². The molecule has 22 heavy (non-hydrogen) atoms. The zero-order valence-corrected chi connectivity index (χ0v) is 12.2. The summed E-state index contributed by atoms with van der Waals surface area (Å²) in [5, 5.41) is 0. The van der Waals surface area contributed by atoms with Gasteiger partial charge in [0.2, 0.25) is 0 Å². The lowest BCUT2D eigenvalue weighted by Crippen LogP contribution is -2.29. The smallest absolute Gasteiger partial charge is 0.382 e. The van der Waals surface area contributed by atoms with Crippen LogP contribution < -0.4 is 4.90 Å². The van der Waals surface area contributed by atoms with Gasteiger partial charge in [-0.05, 0) is 18.2 Å². The molecular weight excluding hydrogens is 299 g/mol. The van der Waals surface area contributed by atoms with E-state index in [9.17, 15) is 22.8 Å². The molecule has 0 spiro atoms. The number of imide groups is 1. The quantitative estimate of drug-likeness (QED) is 0.622. The Labute approximate surface area is 125 Å². The molecule has 1 aliphatic rings. The fourth-order valence-electron chi connectivity index (χ4n) is 2.04. The number of hydrogen-bond donors (Lipinski definition) is 0. The van der Waals surface area contributed by atoms with Crippen molar-refractivity contribution in [3.63, 3.8) is 0 Å². The van der Waals surface area contributed by atoms with Crippen LogP contribution in [0, 0.1) is 0 Å². The number of benzene rings is 1. The van der Waals surface area contributed by atoms with Crippen LogP contribution in [-0.4, -0.2) is 42.9 Å². The van der Waals surface area contributed by atoms with Crippen molar-refractivity contribution in [3.05, 3.63) is 41.7 Å². The highest BCUT2D eigenvalue weighted by atomic mass is 19.4. The van der Waals surface area contributed by atoms with Crippen LogP contribution in [0.3, 0.4) is 0 Å². The summed E-state index contributed by atoms with van der Waals surface area (Å²) in [6, 6.07) is 3.60. The van der Waals surface area contributed by atoms with Crippen LogP contribution in [0.15, 0.2) is 36.2 Å². The number of urea groups is 1. The maximum atomic E-state index is 12.8. The summed E-state index contributed by atoms with van der Waals surface area (Å²) in [6.07, 6.45) is -3.13. The molecule has 0 aliphatic carbocycles. The molecule has 1 aromatic carbocycles. The molecule has 2 rings (SSSR count). The number of carbonyl (C=O) groups is 2. The summed E-state index contributed by atoms with van der Waals surface area (Å²) in [5.41, 5.74) is -0.897. The first-order valence-corrected chi connectivity index (χ1v) is 6.30. The van der Waals surface area contributed by atoms with Gasteiger partial charge in [-0.25, -0.2) is 4.79 Å². The predicted octanol–water partition coefficient (Wildman–Crippen LogP) is 2.51. The molecule has 0 atom stereocenters. The Balaban J connectivity index is 2.54. The van der Waals surface area contributed by atoms with Crippen molar-refractivity contribution in [3.8, 4) is 0 Å². The third kappa shape index (κ3) is 2.76. The zero-order chi connectivity index (χ0) is 16.7. The number of amides is 3. The van der Waals surface area contributed by atoms with Crippen molar-refractivity contribution in [2.75, 3.05) is 26.0 Å². The monoisotopic (exact) mass is 313 g/mol. The van der Waals surface area contributed by atoms with E-state index >= 15 is 0 Å². The minimum atomic E-state index is -4.53. The molecule has 1 aromatic rings. The number of nitrogens with zero attached hydrogens (tertiary/aromatic N) is 3. The average Bonchev–Trinajstić information content (AvgIpc) is 2.62. The third-order valence-electron chi connectivity index (χ3n) is 3.06. The van der Waals surface area contributed by atoms with Gasteiger partial charge in [-0.15, -0.1) is 0 Å². The van der Waals surface area contributed by atoms with E-state index in [1.165, 1.54) is 25.4 Å². The van der Waals surface area contributed by atoms with Gasteiger partial charge in [0.1, 0.15) is 5.70 Å². The number of carbonyl (C=O) groups excluding carboxylic acids is 2. The summed E-state index contributed by atoms with van der Waals surface area (Å²) >= 11 is 0. The molecule has 1 saturated heterocycles. The largest absolute Gasteiger partial charge is 0.416 e. The molecule has 1 fully saturated rings. The highest BCUT2D eigenvalue weighted by Crippen LogP contribution is 2.34. The van der Waals surface area contributed by atoms with Gasteiger partial charge in [-0.3, -0.25) is 14.6 Å². The maximum absolute atomic E-state index is 12.8. The SMILES string of the molecule is CN(C)/C=C1/C(=O)N(C)C(=O)N1c1cccc(C(F)(F)F)c1. The summed E-state index contributed by atoms with van der Waals surface area (Å²) in [7, 11) is 4.57. The molecule has 0 N–H and O–H groups in total. The molecular formula is C14H14F3N3O2. The Bertz CT molecular complexity index is 653. The normalized spacial score (nSPS) is 17.6. The predicted molar refractivity (Wildman–Crippen MR) is 73.9 cm³/mol. The first-order valence-electron chi connectivity index (χ1n) is 6.30. The Morgan fingerprint density at radius 3 is 2.36 bits per heavy atom. The van der Waals surface area contributed by atoms with E-state index in [0.717, 1.165) is 21.9 Å². The summed E-state index contributed by atoms with van der Waals surface area (Å²) < 4.78 is 38.4. The van der Waals surface area contributed by atoms with Crippen molar-refractivity contribution in [2.24, 2.45) is 0 Å². The number of alkyl halides is 3. The van der Waals surface area contributed by atoms with Gasteiger partial charge in [-0.1, -0.05) is 6.07 Å². The van der Waals surface area contributed by atoms with Crippen molar-refractivity contribution < 1.29 is 22.8 Å². The number of rotatable bonds is 2. The first-order chi connectivity index (χ1) is 10.1. The Morgan fingerprint density at radius 1 is 1.18 bits per heavy atom. The Kier molecular flexibility index (Phi) is 3.87. The lowest BCUT2D eigenvalue weighted by molar-refractivity contribution is -0.137. The fraction of sp³-hybridized carbons (Fsp3) is 0.286. The van der Waals surface area contributed by atoms with Crippen molar-refractivity contribution >= 4 is 17.6 Å². The standard InChI is InChI=1S/C14H14F3N3O2/c1-18(2)8-11-12(21)19(3)13(22)20(11)10-6-4-5-9(7-10)14(15,16)17/h4-8H,1-3H3/b11-8-. The molecule has 0 radical (unpaired) electrons. The number of likely N-dealkylation sites (N-methyl/N-ethyl adjacent to an activating group) is 1. The second kappa shape index (κ2) is 5.36. The molecule has 0 unspecified atom stereocenters. The molecule has 1 heterocycles. The van der Waals surface area contributed by atoms with Crippen LogP contribution in [0.25, 0.3) is 0 Å². The first kappa shape index (κ1) is 15.9. The van der Waals surface area contributed by atoms with E-state index in [-0.39, 0.29) is 11.4 Å². The molecule has 8 heteroatoms. The van der Waals surface area contributed by atoms with Crippen molar-refractivity contribution in [1.29, 1.82) is 0 Å². The van der Waals surface area contributed by atoms with Gasteiger partial charge >= 0.3 is 12.2 Å². The third-order valence-corrected chi connectivity index (χ3v) is 3.06. The summed E-state index contributed by atoms with van der Waals surface area (Å²) in [4.78, 5) is 27.6. The lowest BCUT2D eigenvalue weighted by Gasteiger charge is -2.18. The molecule has 0 aromatic heterocycles. The highest BCUT2D eigenvalue weighted by molar-refractivity contribution is 6.21. The Hall–Kier alpha value is -2.51. The van der Waals surface area contributed by atoms with Crippen LogP contribution >= 0.6 is 0 Å². The second-order valence-corrected chi connectivity index (χ2v) is 5.01. The molecule has 3 amide bonds. The van der Waals surface area contributed by atoms with Crippen LogP contribution in [0.5, 0.6) is 0 Å². The van der Waals surface area contributed by atoms with Crippen LogP contribution in [0.2, 0.25) is 0 Å². The summed E-state index contributed by atoms with van der Waals surface area (Å²) in [5.74, 6) is -0.573. The second-order valence-electron chi connectivity index (χ2n) is 5.01. The fourth-order valence-corrected chi connectivity index (χ4v) is 2.04. The number of halogens is 3. The summed E-state index contributed by atoms with van der Waals surface area (Å²) in [6.45, 7) is 0. The molecule has 118 valence electrons. The minimum absolute atomic E-state index is 0.00294. The van der Waals surface area contributed by atoms with E-state index in [0.29, 0.717) is 0 Å². The van der Waals surface area contributed by atoms with Crippen LogP contribution in [0.4, 0.5) is 23.7 Å². The van der Waals surface area contributed by atoms with Gasteiger partial charge in [0.05, 0.1) is 11.3 Å². The van der Waals surface area contributed by atoms with Crippen molar-refractivity contribution in [2.45, 2.75) is 6.18 Å². The highest BCUT2D eigenvalue weighted by Gasteiger charge is 2.40. The van der Waals surface area contributed by atoms with E-state index in [2.05, 4.69) is 0 Å². The minimum Gasteiger partial charge on any atom is -0.382 e. The number of anilines is 1. The van der Waals surface area contributed by atoms with Gasteiger partial charge in [0, 0.05) is 27.3 Å². The molecule has 5 nitrogen and oxygen atoms in total. The van der Waals surface area contributed by atoms with E-state index in [1.807, 2.05) is 0 Å². The van der Waals surface area contributed by atoms with E-state index < -0.39 is 23.7 Å². The van der Waals surface area contributed by atoms with Crippen molar-refractivity contribution in [1.82, 2.24) is 9.80 Å².